The summed E-state index contributed by atoms with van der Waals surface area (Å²) in [5, 5.41) is 3.33. The summed E-state index contributed by atoms with van der Waals surface area (Å²) in [5.41, 5.74) is 1.24. The molecule has 0 spiro atoms. The zero-order valence-electron chi connectivity index (χ0n) is 15.0. The molecule has 2 aromatic heterocycles. The molecule has 1 aromatic carbocycles. The van der Waals surface area contributed by atoms with Crippen molar-refractivity contribution in [3.8, 4) is 22.3 Å². The number of aryl methyl sites for hydroxylation is 1. The van der Waals surface area contributed by atoms with Gasteiger partial charge in [-0.15, -0.1) is 11.3 Å². The van der Waals surface area contributed by atoms with Gasteiger partial charge in [-0.3, -0.25) is 4.79 Å². The number of carbonyl (C=O) groups is 1. The van der Waals surface area contributed by atoms with Crippen molar-refractivity contribution in [2.24, 2.45) is 0 Å². The largest absolute Gasteiger partial charge is 0.493 e. The number of methoxy groups -OCH3 is 1. The lowest BCUT2D eigenvalue weighted by molar-refractivity contribution is -0.0512. The van der Waals surface area contributed by atoms with Crippen LogP contribution in [-0.4, -0.2) is 34.6 Å². The topological polar surface area (TPSA) is 86.2 Å². The monoisotopic (exact) mass is 406 g/mol. The molecule has 10 heteroatoms. The van der Waals surface area contributed by atoms with Crippen LogP contribution in [0.2, 0.25) is 0 Å². The summed E-state index contributed by atoms with van der Waals surface area (Å²) in [6.45, 7) is -1.03. The molecule has 0 radical (unpaired) electrons. The molecule has 7 nitrogen and oxygen atoms in total. The van der Waals surface area contributed by atoms with Crippen molar-refractivity contribution < 1.29 is 23.0 Å². The Labute approximate surface area is 163 Å². The van der Waals surface area contributed by atoms with E-state index in [2.05, 4.69) is 25.0 Å². The second-order valence-electron chi connectivity index (χ2n) is 5.55. The van der Waals surface area contributed by atoms with Gasteiger partial charge in [-0.25, -0.2) is 15.0 Å². The van der Waals surface area contributed by atoms with Gasteiger partial charge in [0.05, 0.1) is 12.8 Å². The summed E-state index contributed by atoms with van der Waals surface area (Å²) in [6, 6.07) is 6.17. The van der Waals surface area contributed by atoms with E-state index in [1.54, 1.807) is 31.5 Å². The van der Waals surface area contributed by atoms with Crippen LogP contribution in [0.15, 0.2) is 36.7 Å². The molecule has 146 valence electrons. The van der Waals surface area contributed by atoms with Gasteiger partial charge in [0.15, 0.2) is 22.3 Å². The average molecular weight is 406 g/mol. The highest BCUT2D eigenvalue weighted by Gasteiger charge is 2.18. The van der Waals surface area contributed by atoms with Crippen LogP contribution in [0.5, 0.6) is 11.5 Å². The minimum Gasteiger partial charge on any atom is -0.493 e. The second-order valence-corrected chi connectivity index (χ2v) is 6.55. The summed E-state index contributed by atoms with van der Waals surface area (Å²) >= 11 is 1.20. The Morgan fingerprint density at radius 2 is 2.00 bits per heavy atom. The Morgan fingerprint density at radius 1 is 1.25 bits per heavy atom. The number of thiazole rings is 1. The smallest absolute Gasteiger partial charge is 0.387 e. The minimum absolute atomic E-state index is 0.0709. The molecular formula is C18H16F2N4O3S. The van der Waals surface area contributed by atoms with Gasteiger partial charge in [0.1, 0.15) is 4.88 Å². The van der Waals surface area contributed by atoms with Crippen molar-refractivity contribution in [3.63, 3.8) is 0 Å². The Kier molecular flexibility index (Phi) is 6.09. The third-order valence-corrected chi connectivity index (χ3v) is 4.81. The summed E-state index contributed by atoms with van der Waals surface area (Å²) in [6.07, 6.45) is 3.21. The second kappa shape index (κ2) is 8.70. The van der Waals surface area contributed by atoms with E-state index >= 15 is 0 Å². The fraction of sp³-hybridized carbons (Fsp3) is 0.222. The number of amides is 1. The molecule has 0 aliphatic carbocycles. The van der Waals surface area contributed by atoms with E-state index in [0.29, 0.717) is 27.0 Å². The van der Waals surface area contributed by atoms with Crippen LogP contribution in [0.4, 0.5) is 8.78 Å². The highest BCUT2D eigenvalue weighted by Crippen LogP contribution is 2.29. The highest BCUT2D eigenvalue weighted by atomic mass is 32.1. The lowest BCUT2D eigenvalue weighted by atomic mass is 10.2. The van der Waals surface area contributed by atoms with Crippen LogP contribution in [0.25, 0.3) is 10.8 Å². The Morgan fingerprint density at radius 3 is 2.68 bits per heavy atom. The first-order valence-corrected chi connectivity index (χ1v) is 8.94. The first-order chi connectivity index (χ1) is 13.5. The van der Waals surface area contributed by atoms with Gasteiger partial charge in [0.2, 0.25) is 0 Å². The number of nitrogens with zero attached hydrogens (tertiary/aromatic N) is 3. The summed E-state index contributed by atoms with van der Waals surface area (Å²) in [4.78, 5) is 25.6. The van der Waals surface area contributed by atoms with Gasteiger partial charge >= 0.3 is 6.61 Å². The standard InChI is InChI=1S/C18H16F2N4O3S/c1-10-14(28-17(24-10)15-21-6-3-7-22-15)16(25)23-9-11-4-5-12(27-18(19)20)13(8-11)26-2/h3-8,18H,9H2,1-2H3,(H,23,25). The number of rotatable bonds is 7. The van der Waals surface area contributed by atoms with Crippen LogP contribution in [-0.2, 0) is 6.54 Å². The number of ether oxygens (including phenoxy) is 2. The Bertz CT molecular complexity index is 967. The number of hydrogen-bond donors (Lipinski definition) is 1. The molecule has 0 fully saturated rings. The number of aromatic nitrogens is 3. The molecule has 0 saturated heterocycles. The zero-order valence-corrected chi connectivity index (χ0v) is 15.8. The minimum atomic E-state index is -2.95. The zero-order chi connectivity index (χ0) is 20.1. The van der Waals surface area contributed by atoms with Gasteiger partial charge in [0, 0.05) is 18.9 Å². The molecule has 28 heavy (non-hydrogen) atoms. The van der Waals surface area contributed by atoms with E-state index in [0.717, 1.165) is 0 Å². The van der Waals surface area contributed by atoms with Crippen LogP contribution in [0, 0.1) is 6.92 Å². The Balaban J connectivity index is 1.70. The lowest BCUT2D eigenvalue weighted by Gasteiger charge is -2.11. The van der Waals surface area contributed by atoms with Crippen molar-refractivity contribution in [3.05, 3.63) is 52.8 Å². The van der Waals surface area contributed by atoms with Crippen LogP contribution < -0.4 is 14.8 Å². The predicted molar refractivity (Wildman–Crippen MR) is 98.7 cm³/mol. The summed E-state index contributed by atoms with van der Waals surface area (Å²) in [5.74, 6) is 0.237. The number of hydrogen-bond acceptors (Lipinski definition) is 7. The number of nitrogens with one attached hydrogen (secondary N) is 1. The lowest BCUT2D eigenvalue weighted by Crippen LogP contribution is -2.22. The van der Waals surface area contributed by atoms with Crippen molar-refractivity contribution in [1.82, 2.24) is 20.3 Å². The van der Waals surface area contributed by atoms with E-state index in [-0.39, 0.29) is 24.0 Å². The molecule has 0 aliphatic heterocycles. The molecule has 2 heterocycles. The van der Waals surface area contributed by atoms with Crippen molar-refractivity contribution in [2.75, 3.05) is 7.11 Å². The summed E-state index contributed by atoms with van der Waals surface area (Å²) in [7, 11) is 1.35. The van der Waals surface area contributed by atoms with E-state index in [1.165, 1.54) is 30.6 Å². The SMILES string of the molecule is COc1cc(CNC(=O)c2sc(-c3ncccn3)nc2C)ccc1OC(F)F. The molecule has 1 N–H and O–H groups in total. The van der Waals surface area contributed by atoms with Crippen molar-refractivity contribution >= 4 is 17.2 Å². The third-order valence-electron chi connectivity index (χ3n) is 3.66. The molecule has 0 aliphatic rings. The van der Waals surface area contributed by atoms with E-state index in [1.807, 2.05) is 0 Å². The number of alkyl halides is 2. The van der Waals surface area contributed by atoms with Crippen LogP contribution in [0.3, 0.4) is 0 Å². The van der Waals surface area contributed by atoms with Crippen molar-refractivity contribution in [2.45, 2.75) is 20.1 Å². The average Bonchev–Trinajstić information content (AvgIpc) is 3.09. The molecule has 0 bridgehead atoms. The van der Waals surface area contributed by atoms with Gasteiger partial charge in [0.25, 0.3) is 5.91 Å². The normalized spacial score (nSPS) is 10.8. The molecule has 0 saturated carbocycles. The third kappa shape index (κ3) is 4.58. The molecule has 0 atom stereocenters. The van der Waals surface area contributed by atoms with Gasteiger partial charge in [-0.2, -0.15) is 8.78 Å². The number of benzene rings is 1. The fourth-order valence-corrected chi connectivity index (χ4v) is 3.32. The highest BCUT2D eigenvalue weighted by molar-refractivity contribution is 7.17. The predicted octanol–water partition coefficient (Wildman–Crippen LogP) is 3.45. The number of carbonyl (C=O) groups excluding carboxylic acids is 1. The first kappa shape index (κ1) is 19.6. The van der Waals surface area contributed by atoms with Gasteiger partial charge < -0.3 is 14.8 Å². The van der Waals surface area contributed by atoms with Gasteiger partial charge in [-0.1, -0.05) is 6.07 Å². The van der Waals surface area contributed by atoms with E-state index in [4.69, 9.17) is 4.74 Å². The maximum atomic E-state index is 12.5. The van der Waals surface area contributed by atoms with Crippen LogP contribution >= 0.6 is 11.3 Å². The maximum absolute atomic E-state index is 12.5. The van der Waals surface area contributed by atoms with E-state index < -0.39 is 6.61 Å². The molecule has 1 amide bonds. The summed E-state index contributed by atoms with van der Waals surface area (Å²) < 4.78 is 34.2. The maximum Gasteiger partial charge on any atom is 0.387 e. The fourth-order valence-electron chi connectivity index (χ4n) is 2.39. The molecule has 3 aromatic rings. The first-order valence-electron chi connectivity index (χ1n) is 8.12. The van der Waals surface area contributed by atoms with Crippen molar-refractivity contribution in [1.29, 1.82) is 0 Å². The molecule has 0 unspecified atom stereocenters. The van der Waals surface area contributed by atoms with E-state index in [9.17, 15) is 13.6 Å². The Hall–Kier alpha value is -3.14. The number of halogens is 2. The van der Waals surface area contributed by atoms with Crippen LogP contribution in [0.1, 0.15) is 20.9 Å². The molecular weight excluding hydrogens is 390 g/mol. The molecule has 3 rings (SSSR count). The van der Waals surface area contributed by atoms with Gasteiger partial charge in [-0.05, 0) is 30.7 Å². The quantitative estimate of drug-likeness (QED) is 0.647.